The Morgan fingerprint density at radius 1 is 1.50 bits per heavy atom. The van der Waals surface area contributed by atoms with Crippen LogP contribution in [0.5, 0.6) is 11.5 Å². The van der Waals surface area contributed by atoms with E-state index in [-0.39, 0.29) is 5.75 Å². The molecule has 0 radical (unpaired) electrons. The van der Waals surface area contributed by atoms with Crippen LogP contribution in [0.3, 0.4) is 0 Å². The highest BCUT2D eigenvalue weighted by atomic mass is 16.6. The van der Waals surface area contributed by atoms with Gasteiger partial charge in [0, 0.05) is 0 Å². The molecule has 0 aliphatic carbocycles. The Balaban J connectivity index is 2.66. The highest BCUT2D eigenvalue weighted by Gasteiger charge is 2.17. The number of phenols is 1. The third kappa shape index (κ3) is 3.31. The van der Waals surface area contributed by atoms with Crippen molar-refractivity contribution in [2.45, 2.75) is 13.0 Å². The third-order valence-corrected chi connectivity index (χ3v) is 1.83. The Morgan fingerprint density at radius 3 is 2.62 bits per heavy atom. The van der Waals surface area contributed by atoms with Gasteiger partial charge in [-0.05, 0) is 37.3 Å². The first-order valence-electron chi connectivity index (χ1n) is 4.92. The second-order valence-electron chi connectivity index (χ2n) is 3.02. The molecule has 4 heteroatoms. The summed E-state index contributed by atoms with van der Waals surface area (Å²) in [6.07, 6.45) is 0.537. The number of benzene rings is 1. The highest BCUT2D eigenvalue weighted by molar-refractivity contribution is 5.77. The second kappa shape index (κ2) is 5.80. The van der Waals surface area contributed by atoms with E-state index in [0.29, 0.717) is 12.4 Å². The summed E-state index contributed by atoms with van der Waals surface area (Å²) in [4.78, 5) is 11.4. The van der Waals surface area contributed by atoms with Crippen LogP contribution in [0.15, 0.2) is 36.9 Å². The first kappa shape index (κ1) is 12.1. The van der Waals surface area contributed by atoms with Gasteiger partial charge in [0.2, 0.25) is 6.10 Å². The summed E-state index contributed by atoms with van der Waals surface area (Å²) in [7, 11) is 0. The molecule has 0 saturated heterocycles. The lowest BCUT2D eigenvalue weighted by molar-refractivity contribution is -0.149. The quantitative estimate of drug-likeness (QED) is 0.610. The summed E-state index contributed by atoms with van der Waals surface area (Å²) in [6.45, 7) is 5.52. The topological polar surface area (TPSA) is 55.8 Å². The van der Waals surface area contributed by atoms with Crippen LogP contribution in [-0.2, 0) is 9.53 Å². The minimum absolute atomic E-state index is 0.138. The minimum atomic E-state index is -0.829. The Morgan fingerprint density at radius 2 is 2.12 bits per heavy atom. The maximum absolute atomic E-state index is 11.4. The van der Waals surface area contributed by atoms with Crippen LogP contribution in [0.25, 0.3) is 0 Å². The van der Waals surface area contributed by atoms with Gasteiger partial charge in [0.05, 0.1) is 6.61 Å². The zero-order valence-corrected chi connectivity index (χ0v) is 9.05. The van der Waals surface area contributed by atoms with Gasteiger partial charge < -0.3 is 14.6 Å². The van der Waals surface area contributed by atoms with E-state index in [1.807, 2.05) is 0 Å². The molecule has 0 fully saturated rings. The van der Waals surface area contributed by atoms with Crippen LogP contribution in [0.4, 0.5) is 0 Å². The standard InChI is InChI=1S/C12H14O4/c1-3-11(12(14)15-4-2)16-10-7-5-9(13)6-8-10/h3,5-8,11,13H,1,4H2,2H3. The number of aromatic hydroxyl groups is 1. The maximum atomic E-state index is 11.4. The molecular formula is C12H14O4. The van der Waals surface area contributed by atoms with E-state index in [2.05, 4.69) is 6.58 Å². The molecule has 16 heavy (non-hydrogen) atoms. The van der Waals surface area contributed by atoms with Crippen molar-refractivity contribution in [3.63, 3.8) is 0 Å². The fourth-order valence-corrected chi connectivity index (χ4v) is 1.09. The lowest BCUT2D eigenvalue weighted by Gasteiger charge is -2.13. The molecule has 1 atom stereocenters. The number of hydrogen-bond donors (Lipinski definition) is 1. The van der Waals surface area contributed by atoms with Gasteiger partial charge in [-0.25, -0.2) is 4.79 Å². The van der Waals surface area contributed by atoms with Crippen molar-refractivity contribution in [2.24, 2.45) is 0 Å². The number of phenolic OH excluding ortho intramolecular Hbond substituents is 1. The van der Waals surface area contributed by atoms with Gasteiger partial charge in [0.1, 0.15) is 11.5 Å². The second-order valence-corrected chi connectivity index (χ2v) is 3.02. The van der Waals surface area contributed by atoms with Gasteiger partial charge >= 0.3 is 5.97 Å². The summed E-state index contributed by atoms with van der Waals surface area (Å²) < 4.78 is 10.1. The average molecular weight is 222 g/mol. The molecule has 1 N–H and O–H groups in total. The minimum Gasteiger partial charge on any atom is -0.508 e. The molecule has 0 aromatic heterocycles. The fraction of sp³-hybridized carbons (Fsp3) is 0.250. The van der Waals surface area contributed by atoms with Gasteiger partial charge in [-0.3, -0.25) is 0 Å². The molecule has 86 valence electrons. The van der Waals surface area contributed by atoms with Crippen molar-refractivity contribution < 1.29 is 19.4 Å². The zero-order valence-electron chi connectivity index (χ0n) is 9.05. The highest BCUT2D eigenvalue weighted by Crippen LogP contribution is 2.17. The van der Waals surface area contributed by atoms with Crippen LogP contribution in [0, 0.1) is 0 Å². The van der Waals surface area contributed by atoms with E-state index in [0.717, 1.165) is 0 Å². The number of carbonyl (C=O) groups is 1. The van der Waals surface area contributed by atoms with Crippen LogP contribution < -0.4 is 4.74 Å². The molecule has 4 nitrogen and oxygen atoms in total. The van der Waals surface area contributed by atoms with Crippen molar-refractivity contribution in [1.82, 2.24) is 0 Å². The lowest BCUT2D eigenvalue weighted by atomic mass is 10.3. The van der Waals surface area contributed by atoms with Crippen LogP contribution >= 0.6 is 0 Å². The number of rotatable bonds is 5. The molecule has 1 aromatic rings. The molecular weight excluding hydrogens is 208 g/mol. The normalized spacial score (nSPS) is 11.6. The summed E-state index contributed by atoms with van der Waals surface area (Å²) in [6, 6.07) is 6.07. The summed E-state index contributed by atoms with van der Waals surface area (Å²) in [5, 5.41) is 9.07. The fourth-order valence-electron chi connectivity index (χ4n) is 1.09. The molecule has 0 spiro atoms. The summed E-state index contributed by atoms with van der Waals surface area (Å²) in [5.74, 6) is 0.125. The number of esters is 1. The Labute approximate surface area is 94.1 Å². The van der Waals surface area contributed by atoms with Crippen molar-refractivity contribution in [3.05, 3.63) is 36.9 Å². The first-order chi connectivity index (χ1) is 7.67. The average Bonchev–Trinajstić information content (AvgIpc) is 2.28. The Bertz CT molecular complexity index is 356. The molecule has 0 bridgehead atoms. The summed E-state index contributed by atoms with van der Waals surface area (Å²) in [5.41, 5.74) is 0. The maximum Gasteiger partial charge on any atom is 0.351 e. The van der Waals surface area contributed by atoms with Crippen LogP contribution in [-0.4, -0.2) is 23.8 Å². The SMILES string of the molecule is C=CC(Oc1ccc(O)cc1)C(=O)OCC. The largest absolute Gasteiger partial charge is 0.508 e. The molecule has 0 aliphatic rings. The van der Waals surface area contributed by atoms with Gasteiger partial charge in [-0.15, -0.1) is 0 Å². The van der Waals surface area contributed by atoms with Gasteiger partial charge in [0.25, 0.3) is 0 Å². The van der Waals surface area contributed by atoms with Crippen molar-refractivity contribution in [1.29, 1.82) is 0 Å². The van der Waals surface area contributed by atoms with Gasteiger partial charge in [-0.1, -0.05) is 6.58 Å². The number of carbonyl (C=O) groups excluding carboxylic acids is 1. The van der Waals surface area contributed by atoms with Gasteiger partial charge in [-0.2, -0.15) is 0 Å². The van der Waals surface area contributed by atoms with Crippen molar-refractivity contribution in [2.75, 3.05) is 6.61 Å². The van der Waals surface area contributed by atoms with Crippen LogP contribution in [0.1, 0.15) is 6.92 Å². The smallest absolute Gasteiger partial charge is 0.351 e. The Hall–Kier alpha value is -1.97. The molecule has 0 saturated carbocycles. The predicted molar refractivity (Wildman–Crippen MR) is 59.4 cm³/mol. The first-order valence-corrected chi connectivity index (χ1v) is 4.92. The van der Waals surface area contributed by atoms with Crippen molar-refractivity contribution >= 4 is 5.97 Å². The monoisotopic (exact) mass is 222 g/mol. The molecule has 0 heterocycles. The van der Waals surface area contributed by atoms with E-state index in [9.17, 15) is 4.79 Å². The van der Waals surface area contributed by atoms with E-state index >= 15 is 0 Å². The van der Waals surface area contributed by atoms with E-state index < -0.39 is 12.1 Å². The zero-order chi connectivity index (χ0) is 12.0. The third-order valence-electron chi connectivity index (χ3n) is 1.83. The van der Waals surface area contributed by atoms with Crippen molar-refractivity contribution in [3.8, 4) is 11.5 Å². The molecule has 1 unspecified atom stereocenters. The van der Waals surface area contributed by atoms with Crippen LogP contribution in [0.2, 0.25) is 0 Å². The summed E-state index contributed by atoms with van der Waals surface area (Å²) >= 11 is 0. The van der Waals surface area contributed by atoms with E-state index in [1.54, 1.807) is 19.1 Å². The lowest BCUT2D eigenvalue weighted by Crippen LogP contribution is -2.27. The van der Waals surface area contributed by atoms with E-state index in [4.69, 9.17) is 14.6 Å². The number of ether oxygens (including phenoxy) is 2. The predicted octanol–water partition coefficient (Wildman–Crippen LogP) is 1.89. The molecule has 1 aromatic carbocycles. The number of hydrogen-bond acceptors (Lipinski definition) is 4. The van der Waals surface area contributed by atoms with Gasteiger partial charge in [0.15, 0.2) is 0 Å². The Kier molecular flexibility index (Phi) is 4.39. The molecule has 1 rings (SSSR count). The molecule has 0 aliphatic heterocycles. The molecule has 0 amide bonds. The van der Waals surface area contributed by atoms with E-state index in [1.165, 1.54) is 18.2 Å².